The van der Waals surface area contributed by atoms with Gasteiger partial charge >= 0.3 is 0 Å². The monoisotopic (exact) mass is 1890 g/mol. The fourth-order valence-corrected chi connectivity index (χ4v) is 22.2. The van der Waals surface area contributed by atoms with Crippen molar-refractivity contribution >= 4 is 96.0 Å². The van der Waals surface area contributed by atoms with Gasteiger partial charge in [-0.05, 0) is 328 Å². The van der Waals surface area contributed by atoms with Crippen molar-refractivity contribution in [2.45, 2.75) is 10.8 Å². The standard InChI is InChI=1S/C71H49FN2O.C69H48N2O/c1-3-48-19-23-50(24-20-48)52-27-43-69-65(45-52)66-46-53(28-44-70(66)74(69)57-15-9-6-10-16-57)51-25-33-58(34-26-51)73(59-35-31-56(72)32-36-59)60-37-42-64-63-17-11-12-18-67(63)71(68(64)47-60,54-13-7-5-8-14-54)55-29-40-62(41-30-55)75-61-38-21-49(4-2)22-39-61;1-2-48-26-40-59(41-27-48)72-60-42-33-54(34-43-60)69(53-18-8-4-9-19-53)65-24-14-12-22-61(65)62-44-39-58(47-66(62)69)70(56-35-28-50(29-36-56)49-16-6-3-7-17-49)57-37-30-51(31-38-57)52-32-45-68-64(46-52)63-23-13-15-25-67(63)71(68)55-20-10-5-11-21-55/h3-47H,1-2H2;2-47H,1H2/i;4D,8D,9D,18D,19D. The lowest BCUT2D eigenvalue weighted by atomic mass is 9.67. The molecule has 147 heavy (non-hydrogen) atoms. The van der Waals surface area contributed by atoms with E-state index in [9.17, 15) is 7.13 Å². The van der Waals surface area contributed by atoms with Crippen LogP contribution in [0.15, 0.2) is 553 Å². The minimum absolute atomic E-state index is 0.174. The summed E-state index contributed by atoms with van der Waals surface area (Å²) in [4.78, 5) is 4.47. The number of nitrogens with zero attached hydrogens (tertiary/aromatic N) is 4. The highest BCUT2D eigenvalue weighted by atomic mass is 19.1. The van der Waals surface area contributed by atoms with Crippen molar-refractivity contribution in [2.24, 2.45) is 0 Å². The molecule has 0 aliphatic heterocycles. The minimum atomic E-state index is -1.37. The van der Waals surface area contributed by atoms with Crippen LogP contribution in [0.25, 0.3) is 140 Å². The van der Waals surface area contributed by atoms with Crippen molar-refractivity contribution in [2.75, 3.05) is 9.80 Å². The first-order chi connectivity index (χ1) is 74.7. The zero-order chi connectivity index (χ0) is 103. The van der Waals surface area contributed by atoms with E-state index in [0.29, 0.717) is 11.5 Å². The highest BCUT2D eigenvalue weighted by Crippen LogP contribution is 2.61. The summed E-state index contributed by atoms with van der Waals surface area (Å²) in [5.74, 6) is 2.46. The number of anilines is 6. The lowest BCUT2D eigenvalue weighted by Crippen LogP contribution is -2.28. The van der Waals surface area contributed by atoms with Crippen LogP contribution in [0.2, 0.25) is 0 Å². The van der Waals surface area contributed by atoms with Crippen LogP contribution in [-0.2, 0) is 10.8 Å². The van der Waals surface area contributed by atoms with Crippen molar-refractivity contribution in [3.63, 3.8) is 0 Å². The van der Waals surface area contributed by atoms with Crippen LogP contribution >= 0.6 is 0 Å². The largest absolute Gasteiger partial charge is 0.457 e. The van der Waals surface area contributed by atoms with Crippen LogP contribution in [0.3, 0.4) is 0 Å². The third-order valence-corrected chi connectivity index (χ3v) is 29.1. The Balaban J connectivity index is 0.000000157. The van der Waals surface area contributed by atoms with E-state index in [1.807, 2.05) is 140 Å². The molecule has 2 aliphatic carbocycles. The van der Waals surface area contributed by atoms with Crippen molar-refractivity contribution in [1.29, 1.82) is 0 Å². The van der Waals surface area contributed by atoms with E-state index < -0.39 is 29.0 Å². The number of ether oxygens (including phenoxy) is 2. The first kappa shape index (κ1) is 83.6. The molecule has 2 unspecified atom stereocenters. The van der Waals surface area contributed by atoms with E-state index in [2.05, 4.69) is 403 Å². The van der Waals surface area contributed by atoms with Crippen molar-refractivity contribution in [3.05, 3.63) is 620 Å². The highest BCUT2D eigenvalue weighted by Gasteiger charge is 2.49. The quantitative estimate of drug-likeness (QED) is 0.0639. The van der Waals surface area contributed by atoms with E-state index >= 15 is 0 Å². The van der Waals surface area contributed by atoms with Gasteiger partial charge in [0.25, 0.3) is 0 Å². The van der Waals surface area contributed by atoms with Crippen LogP contribution in [-0.4, -0.2) is 9.13 Å². The Morgan fingerprint density at radius 2 is 0.524 bits per heavy atom. The van der Waals surface area contributed by atoms with Gasteiger partial charge in [-0.25, -0.2) is 4.39 Å². The van der Waals surface area contributed by atoms with Crippen LogP contribution < -0.4 is 19.3 Å². The topological polar surface area (TPSA) is 34.8 Å². The van der Waals surface area contributed by atoms with Gasteiger partial charge in [0.05, 0.1) is 39.8 Å². The van der Waals surface area contributed by atoms with Crippen LogP contribution in [0.5, 0.6) is 23.0 Å². The summed E-state index contributed by atoms with van der Waals surface area (Å²) in [6.45, 7) is 11.7. The average Bonchev–Trinajstić information content (AvgIpc) is 1.49. The maximum Gasteiger partial charge on any atom is 0.127 e. The predicted octanol–water partition coefficient (Wildman–Crippen LogP) is 37.6. The number of hydrogen-bond donors (Lipinski definition) is 0. The number of benzene rings is 22. The molecule has 0 fully saturated rings. The van der Waals surface area contributed by atoms with Gasteiger partial charge in [0.15, 0.2) is 0 Å². The first-order valence-corrected chi connectivity index (χ1v) is 49.5. The second-order valence-electron chi connectivity index (χ2n) is 37.3. The summed E-state index contributed by atoms with van der Waals surface area (Å²) in [5, 5.41) is 4.72. The second-order valence-corrected chi connectivity index (χ2v) is 37.3. The van der Waals surface area contributed by atoms with Gasteiger partial charge in [-0.2, -0.15) is 0 Å². The van der Waals surface area contributed by atoms with E-state index in [1.54, 1.807) is 6.08 Å². The van der Waals surface area contributed by atoms with Crippen LogP contribution in [0, 0.1) is 5.82 Å². The van der Waals surface area contributed by atoms with E-state index in [0.717, 1.165) is 190 Å². The summed E-state index contributed by atoms with van der Waals surface area (Å²) >= 11 is 0. The molecule has 22 aromatic carbocycles. The van der Waals surface area contributed by atoms with Crippen LogP contribution in [0.1, 0.15) is 68.1 Å². The van der Waals surface area contributed by atoms with Crippen molar-refractivity contribution in [3.8, 4) is 101 Å². The Bertz CT molecular complexity index is 9390. The lowest BCUT2D eigenvalue weighted by Gasteiger charge is -2.35. The fraction of sp³-hybridized carbons (Fsp3) is 0.0143. The molecule has 0 radical (unpaired) electrons. The number of hydrogen-bond acceptors (Lipinski definition) is 4. The lowest BCUT2D eigenvalue weighted by molar-refractivity contribution is 0.482. The Morgan fingerprint density at radius 1 is 0.231 bits per heavy atom. The molecule has 2 heterocycles. The Morgan fingerprint density at radius 3 is 0.939 bits per heavy atom. The second kappa shape index (κ2) is 38.0. The molecule has 2 aliphatic rings. The Labute approximate surface area is 862 Å². The summed E-state index contributed by atoms with van der Waals surface area (Å²) in [6.07, 6.45) is 5.49. The molecule has 696 valence electrons. The predicted molar refractivity (Wildman–Crippen MR) is 611 cm³/mol. The molecule has 0 saturated carbocycles. The molecule has 0 N–H and O–H groups in total. The fourth-order valence-electron chi connectivity index (χ4n) is 22.2. The number of halogens is 1. The maximum atomic E-state index is 14.8. The molecular formula is C140H97FN4O2. The normalized spacial score (nSPS) is 14.1. The van der Waals surface area contributed by atoms with E-state index in [1.165, 1.54) is 44.8 Å². The molecule has 0 spiro atoms. The average molecular weight is 1890 g/mol. The molecule has 24 aromatic rings. The number of aromatic nitrogens is 2. The summed E-state index contributed by atoms with van der Waals surface area (Å²) in [7, 11) is 0. The van der Waals surface area contributed by atoms with E-state index in [-0.39, 0.29) is 23.5 Å². The zero-order valence-electron chi connectivity index (χ0n) is 85.3. The molecular weight excluding hydrogens is 1790 g/mol. The van der Waals surface area contributed by atoms with Gasteiger partial charge in [0, 0.05) is 67.0 Å². The van der Waals surface area contributed by atoms with Gasteiger partial charge in [-0.3, -0.25) is 0 Å². The molecule has 0 amide bonds. The van der Waals surface area contributed by atoms with Gasteiger partial charge in [-0.1, -0.05) is 371 Å². The summed E-state index contributed by atoms with van der Waals surface area (Å²) in [6, 6.07) is 172. The Hall–Kier alpha value is -19.2. The van der Waals surface area contributed by atoms with Crippen molar-refractivity contribution in [1.82, 2.24) is 9.13 Å². The third kappa shape index (κ3) is 16.0. The summed E-state index contributed by atoms with van der Waals surface area (Å²) in [5.41, 5.74) is 33.4. The number of rotatable bonds is 23. The van der Waals surface area contributed by atoms with Crippen molar-refractivity contribution < 1.29 is 20.7 Å². The summed E-state index contributed by atoms with van der Waals surface area (Å²) < 4.78 is 78.4. The molecule has 6 nitrogen and oxygen atoms in total. The first-order valence-electron chi connectivity index (χ1n) is 52.0. The molecule has 0 saturated heterocycles. The molecule has 2 atom stereocenters. The zero-order valence-corrected chi connectivity index (χ0v) is 80.3. The van der Waals surface area contributed by atoms with Gasteiger partial charge in [0.2, 0.25) is 0 Å². The molecule has 7 heteroatoms. The van der Waals surface area contributed by atoms with E-state index in [4.69, 9.17) is 13.6 Å². The molecule has 2 aromatic heterocycles. The SMILES string of the molecule is C=Cc1ccc(Oc2ccc(C3(c4ccccc4)c4ccccc4-c4ccc(N(c5ccc(F)cc5)c5ccc(-c6ccc7c(c6)c6cc(-c8ccc(C=C)cc8)ccc6n7-c6ccccc6)cc5)cc43)cc2)cc1.[2H]c1c([2H])c([2H])c(C2(c3ccc(Oc4ccc(C=C)cc4)cc3)c3ccccc3-c3ccc(N(c4ccc(-c5ccccc5)cc4)c4ccc(-c5ccc6c(c5)c5ccccc5n6-c5ccccc5)cc4)cc32)c([2H])c1[2H]. The maximum absolute atomic E-state index is 14.8. The Kier molecular flexibility index (Phi) is 21.6. The highest BCUT2D eigenvalue weighted by molar-refractivity contribution is 6.13. The third-order valence-electron chi connectivity index (χ3n) is 29.1. The number of fused-ring (bicyclic) bond motifs is 12. The molecule has 0 bridgehead atoms. The van der Waals surface area contributed by atoms with Gasteiger partial charge < -0.3 is 28.4 Å². The van der Waals surface area contributed by atoms with Crippen LogP contribution in [0.4, 0.5) is 38.5 Å². The van der Waals surface area contributed by atoms with Gasteiger partial charge in [0.1, 0.15) is 28.8 Å². The smallest absolute Gasteiger partial charge is 0.127 e. The minimum Gasteiger partial charge on any atom is -0.457 e. The number of para-hydroxylation sites is 3. The van der Waals surface area contributed by atoms with Gasteiger partial charge in [-0.15, -0.1) is 0 Å². The molecule has 26 rings (SSSR count).